The van der Waals surface area contributed by atoms with Gasteiger partial charge in [-0.2, -0.15) is 0 Å². The molecule has 3 rings (SSSR count). The number of hydrogen-bond acceptors (Lipinski definition) is 2. The predicted molar refractivity (Wildman–Crippen MR) is 106 cm³/mol. The molecule has 0 radical (unpaired) electrons. The zero-order valence-corrected chi connectivity index (χ0v) is 16.3. The van der Waals surface area contributed by atoms with Gasteiger partial charge in [0.25, 0.3) is 5.91 Å². The number of pyridine rings is 1. The molecule has 0 aliphatic rings. The van der Waals surface area contributed by atoms with E-state index in [-0.39, 0.29) is 23.0 Å². The maximum Gasteiger partial charge on any atom is 0.256 e. The van der Waals surface area contributed by atoms with Crippen molar-refractivity contribution in [2.45, 2.75) is 32.7 Å². The molecule has 2 aromatic carbocycles. The van der Waals surface area contributed by atoms with Crippen molar-refractivity contribution in [1.29, 1.82) is 0 Å². The Morgan fingerprint density at radius 1 is 1.07 bits per heavy atom. The van der Waals surface area contributed by atoms with Crippen molar-refractivity contribution >= 4 is 16.8 Å². The van der Waals surface area contributed by atoms with Gasteiger partial charge < -0.3 is 9.88 Å². The average molecular weight is 384 g/mol. The van der Waals surface area contributed by atoms with Crippen molar-refractivity contribution in [2.75, 3.05) is 7.05 Å². The highest BCUT2D eigenvalue weighted by atomic mass is 19.1. The maximum atomic E-state index is 13.6. The molecule has 1 aromatic heterocycles. The predicted octanol–water partition coefficient (Wildman–Crippen LogP) is 3.99. The number of nitrogens with zero attached hydrogens (tertiary/aromatic N) is 1. The summed E-state index contributed by atoms with van der Waals surface area (Å²) in [4.78, 5) is 25.0. The molecule has 146 valence electrons. The van der Waals surface area contributed by atoms with Crippen molar-refractivity contribution in [2.24, 2.45) is 0 Å². The minimum absolute atomic E-state index is 0.0182. The van der Waals surface area contributed by atoms with Gasteiger partial charge in [0, 0.05) is 31.2 Å². The minimum atomic E-state index is -0.678. The molecule has 28 heavy (non-hydrogen) atoms. The van der Waals surface area contributed by atoms with Gasteiger partial charge in [0.05, 0.1) is 5.52 Å². The molecule has 0 spiro atoms. The summed E-state index contributed by atoms with van der Waals surface area (Å²) in [5, 5.41) is 2.84. The summed E-state index contributed by atoms with van der Waals surface area (Å²) in [5.74, 6) is -1.87. The van der Waals surface area contributed by atoms with Crippen LogP contribution in [0.1, 0.15) is 42.3 Å². The van der Waals surface area contributed by atoms with Crippen molar-refractivity contribution in [3.63, 3.8) is 0 Å². The highest BCUT2D eigenvalue weighted by molar-refractivity contribution is 5.97. The monoisotopic (exact) mass is 384 g/mol. The highest BCUT2D eigenvalue weighted by Crippen LogP contribution is 2.26. The molecular weight excluding hydrogens is 362 g/mol. The van der Waals surface area contributed by atoms with Crippen molar-refractivity contribution in [3.8, 4) is 0 Å². The first kappa shape index (κ1) is 19.7. The standard InChI is InChI=1S/C22H22F2N2O2/c1-22(2,3)14-5-6-17-19(9-14)26(12-18(20(17)27)21(28)25-4)11-13-7-15(23)10-16(24)8-13/h5-10,12H,11H2,1-4H3,(H,25,28). The van der Waals surface area contributed by atoms with Crippen LogP contribution < -0.4 is 10.7 Å². The molecule has 0 aliphatic carbocycles. The molecule has 4 nitrogen and oxygen atoms in total. The first-order chi connectivity index (χ1) is 13.1. The van der Waals surface area contributed by atoms with Gasteiger partial charge in [-0.1, -0.05) is 26.8 Å². The molecule has 0 bridgehead atoms. The second-order valence-corrected chi connectivity index (χ2v) is 7.84. The van der Waals surface area contributed by atoms with E-state index in [0.29, 0.717) is 16.5 Å². The average Bonchev–Trinajstić information content (AvgIpc) is 2.61. The number of fused-ring (bicyclic) bond motifs is 1. The number of hydrogen-bond donors (Lipinski definition) is 1. The summed E-state index contributed by atoms with van der Waals surface area (Å²) >= 11 is 0. The Labute approximate surface area is 161 Å². The van der Waals surface area contributed by atoms with Crippen LogP contribution in [-0.4, -0.2) is 17.5 Å². The van der Waals surface area contributed by atoms with E-state index in [1.807, 2.05) is 12.1 Å². The van der Waals surface area contributed by atoms with Gasteiger partial charge in [0.1, 0.15) is 17.2 Å². The Balaban J connectivity index is 2.28. The molecular formula is C22H22F2N2O2. The number of carbonyl (C=O) groups excluding carboxylic acids is 1. The SMILES string of the molecule is CNC(=O)c1cn(Cc2cc(F)cc(F)c2)c2cc(C(C)(C)C)ccc2c1=O. The molecule has 0 saturated heterocycles. The first-order valence-corrected chi connectivity index (χ1v) is 8.95. The van der Waals surface area contributed by atoms with Crippen LogP contribution in [0.5, 0.6) is 0 Å². The first-order valence-electron chi connectivity index (χ1n) is 8.95. The number of carbonyl (C=O) groups is 1. The number of amides is 1. The Hall–Kier alpha value is -3.02. The lowest BCUT2D eigenvalue weighted by Crippen LogP contribution is -2.27. The second kappa shape index (κ2) is 7.19. The summed E-state index contributed by atoms with van der Waals surface area (Å²) in [6.45, 7) is 6.27. The smallest absolute Gasteiger partial charge is 0.256 e. The topological polar surface area (TPSA) is 51.1 Å². The van der Waals surface area contributed by atoms with E-state index in [9.17, 15) is 18.4 Å². The van der Waals surface area contributed by atoms with Gasteiger partial charge in [-0.3, -0.25) is 9.59 Å². The van der Waals surface area contributed by atoms with Crippen LogP contribution >= 0.6 is 0 Å². The second-order valence-electron chi connectivity index (χ2n) is 7.84. The summed E-state index contributed by atoms with van der Waals surface area (Å²) in [6.07, 6.45) is 1.44. The largest absolute Gasteiger partial charge is 0.355 e. The van der Waals surface area contributed by atoms with Gasteiger partial charge in [-0.15, -0.1) is 0 Å². The third-order valence-electron chi connectivity index (χ3n) is 4.69. The lowest BCUT2D eigenvalue weighted by atomic mass is 9.86. The number of nitrogens with one attached hydrogen (secondary N) is 1. The zero-order valence-electron chi connectivity index (χ0n) is 16.3. The Morgan fingerprint density at radius 2 is 1.71 bits per heavy atom. The van der Waals surface area contributed by atoms with Crippen LogP contribution in [0.2, 0.25) is 0 Å². The summed E-state index contributed by atoms with van der Waals surface area (Å²) < 4.78 is 28.9. The Morgan fingerprint density at radius 3 is 2.29 bits per heavy atom. The molecule has 0 fully saturated rings. The molecule has 0 unspecified atom stereocenters. The van der Waals surface area contributed by atoms with Crippen LogP contribution in [0.4, 0.5) is 8.78 Å². The number of aromatic nitrogens is 1. The van der Waals surface area contributed by atoms with Crippen LogP contribution in [-0.2, 0) is 12.0 Å². The fourth-order valence-electron chi connectivity index (χ4n) is 3.18. The summed E-state index contributed by atoms with van der Waals surface area (Å²) in [5.41, 5.74) is 1.46. The quantitative estimate of drug-likeness (QED) is 0.743. The molecule has 1 amide bonds. The molecule has 0 aliphatic heterocycles. The van der Waals surface area contributed by atoms with E-state index < -0.39 is 17.5 Å². The molecule has 1 heterocycles. The highest BCUT2D eigenvalue weighted by Gasteiger charge is 2.19. The summed E-state index contributed by atoms with van der Waals surface area (Å²) in [6, 6.07) is 8.73. The number of halogens is 2. The normalized spacial score (nSPS) is 11.6. The van der Waals surface area contributed by atoms with Gasteiger partial charge in [-0.25, -0.2) is 8.78 Å². The van der Waals surface area contributed by atoms with E-state index in [2.05, 4.69) is 26.1 Å². The van der Waals surface area contributed by atoms with Gasteiger partial charge in [-0.05, 0) is 40.8 Å². The van der Waals surface area contributed by atoms with Gasteiger partial charge in [0.15, 0.2) is 0 Å². The van der Waals surface area contributed by atoms with E-state index in [1.165, 1.54) is 25.4 Å². The Kier molecular flexibility index (Phi) is 5.06. The van der Waals surface area contributed by atoms with Gasteiger partial charge in [0.2, 0.25) is 5.43 Å². The lowest BCUT2D eigenvalue weighted by Gasteiger charge is -2.21. The fraction of sp³-hybridized carbons (Fsp3) is 0.273. The summed E-state index contributed by atoms with van der Waals surface area (Å²) in [7, 11) is 1.45. The molecule has 1 N–H and O–H groups in total. The lowest BCUT2D eigenvalue weighted by molar-refractivity contribution is 0.0961. The fourth-order valence-corrected chi connectivity index (χ4v) is 3.18. The molecule has 3 aromatic rings. The van der Waals surface area contributed by atoms with Crippen LogP contribution in [0, 0.1) is 11.6 Å². The van der Waals surface area contributed by atoms with Crippen molar-refractivity contribution in [1.82, 2.24) is 9.88 Å². The molecule has 0 saturated carbocycles. The minimum Gasteiger partial charge on any atom is -0.355 e. The van der Waals surface area contributed by atoms with E-state index in [4.69, 9.17) is 0 Å². The number of benzene rings is 2. The number of rotatable bonds is 3. The van der Waals surface area contributed by atoms with Crippen LogP contribution in [0.25, 0.3) is 10.9 Å². The maximum absolute atomic E-state index is 13.6. The van der Waals surface area contributed by atoms with Crippen molar-refractivity contribution in [3.05, 3.63) is 81.1 Å². The Bertz CT molecular complexity index is 1110. The van der Waals surface area contributed by atoms with E-state index >= 15 is 0 Å². The van der Waals surface area contributed by atoms with Gasteiger partial charge >= 0.3 is 0 Å². The van der Waals surface area contributed by atoms with E-state index in [1.54, 1.807) is 10.6 Å². The van der Waals surface area contributed by atoms with Crippen LogP contribution in [0.3, 0.4) is 0 Å². The van der Waals surface area contributed by atoms with Crippen LogP contribution in [0.15, 0.2) is 47.4 Å². The zero-order chi connectivity index (χ0) is 20.6. The van der Waals surface area contributed by atoms with E-state index in [0.717, 1.165) is 11.6 Å². The molecule has 6 heteroatoms. The van der Waals surface area contributed by atoms with Crippen molar-refractivity contribution < 1.29 is 13.6 Å². The third-order valence-corrected chi connectivity index (χ3v) is 4.69. The third kappa shape index (κ3) is 3.81. The molecule has 0 atom stereocenters.